The molecule has 130 valence electrons. The number of ether oxygens (including phenoxy) is 2. The van der Waals surface area contributed by atoms with Gasteiger partial charge in [-0.05, 0) is 18.2 Å². The van der Waals surface area contributed by atoms with Gasteiger partial charge < -0.3 is 19.7 Å². The number of alkyl halides is 1. The lowest BCUT2D eigenvalue weighted by Gasteiger charge is -2.33. The average Bonchev–Trinajstić information content (AvgIpc) is 2.61. The van der Waals surface area contributed by atoms with Gasteiger partial charge in [0.2, 0.25) is 5.91 Å². The van der Waals surface area contributed by atoms with Crippen molar-refractivity contribution in [2.45, 2.75) is 0 Å². The first kappa shape index (κ1) is 17.0. The maximum Gasteiger partial charge on any atom is 0.265 e. The average molecular weight is 354 g/mol. The predicted octanol–water partition coefficient (Wildman–Crippen LogP) is 0.921. The van der Waals surface area contributed by atoms with Gasteiger partial charge in [0.05, 0.1) is 18.9 Å². The topological polar surface area (TPSA) is 71.1 Å². The number of nitrogens with zero attached hydrogens (tertiary/aromatic N) is 2. The minimum Gasteiger partial charge on any atom is -0.482 e. The van der Waals surface area contributed by atoms with Crippen LogP contribution in [0.5, 0.6) is 5.75 Å². The molecule has 0 unspecified atom stereocenters. The van der Waals surface area contributed by atoms with Crippen molar-refractivity contribution in [2.75, 3.05) is 62.1 Å². The van der Waals surface area contributed by atoms with Crippen molar-refractivity contribution in [3.8, 4) is 5.75 Å². The molecule has 1 N–H and O–H groups in total. The van der Waals surface area contributed by atoms with Gasteiger partial charge in [0.1, 0.15) is 11.6 Å². The smallest absolute Gasteiger partial charge is 0.265 e. The number of rotatable bonds is 5. The molecule has 0 aliphatic carbocycles. The molecule has 2 aliphatic heterocycles. The van der Waals surface area contributed by atoms with Crippen molar-refractivity contribution >= 4 is 34.8 Å². The van der Waals surface area contributed by atoms with Crippen molar-refractivity contribution in [2.24, 2.45) is 0 Å². The third-order valence-corrected chi connectivity index (χ3v) is 4.29. The molecule has 1 saturated heterocycles. The van der Waals surface area contributed by atoms with Gasteiger partial charge in [0, 0.05) is 31.9 Å². The lowest BCUT2D eigenvalue weighted by atomic mass is 10.2. The highest BCUT2D eigenvalue weighted by molar-refractivity contribution is 6.29. The molecular weight excluding hydrogens is 334 g/mol. The molecule has 2 heterocycles. The minimum atomic E-state index is -0.292. The van der Waals surface area contributed by atoms with E-state index in [1.807, 2.05) is 0 Å². The summed E-state index contributed by atoms with van der Waals surface area (Å²) in [5.74, 6) is 0.143. The Bertz CT molecular complexity index is 619. The first-order chi connectivity index (χ1) is 11.7. The fourth-order valence-corrected chi connectivity index (χ4v) is 2.85. The lowest BCUT2D eigenvalue weighted by Crippen LogP contribution is -2.45. The van der Waals surface area contributed by atoms with Crippen LogP contribution in [0.2, 0.25) is 0 Å². The second-order valence-electron chi connectivity index (χ2n) is 5.65. The summed E-state index contributed by atoms with van der Waals surface area (Å²) < 4.78 is 10.8. The predicted molar refractivity (Wildman–Crippen MR) is 90.9 cm³/mol. The maximum absolute atomic E-state index is 12.3. The van der Waals surface area contributed by atoms with Crippen LogP contribution in [0.15, 0.2) is 18.2 Å². The highest BCUT2D eigenvalue weighted by Crippen LogP contribution is 2.34. The third-order valence-electron chi connectivity index (χ3n) is 4.05. The first-order valence-corrected chi connectivity index (χ1v) is 8.44. The molecule has 1 fully saturated rings. The zero-order valence-corrected chi connectivity index (χ0v) is 14.1. The highest BCUT2D eigenvalue weighted by Gasteiger charge is 2.26. The van der Waals surface area contributed by atoms with Crippen LogP contribution in [0.4, 0.5) is 11.4 Å². The van der Waals surface area contributed by atoms with Crippen LogP contribution in [0.3, 0.4) is 0 Å². The summed E-state index contributed by atoms with van der Waals surface area (Å²) in [4.78, 5) is 27.7. The largest absolute Gasteiger partial charge is 0.482 e. The van der Waals surface area contributed by atoms with Crippen LogP contribution in [-0.4, -0.2) is 68.6 Å². The van der Waals surface area contributed by atoms with E-state index in [2.05, 4.69) is 10.2 Å². The molecule has 0 atom stereocenters. The fraction of sp³-hybridized carbons (Fsp3) is 0.500. The second-order valence-corrected chi connectivity index (χ2v) is 5.92. The van der Waals surface area contributed by atoms with Crippen LogP contribution in [0.25, 0.3) is 0 Å². The number of benzene rings is 1. The molecule has 2 aliphatic rings. The SMILES string of the molecule is O=C(CCl)Nc1ccc2c(c1)N(CCN1CCOCC1)C(=O)CO2. The summed E-state index contributed by atoms with van der Waals surface area (Å²) in [6, 6.07) is 5.24. The van der Waals surface area contributed by atoms with Gasteiger partial charge in [-0.25, -0.2) is 0 Å². The van der Waals surface area contributed by atoms with E-state index in [-0.39, 0.29) is 24.3 Å². The number of hydrogen-bond acceptors (Lipinski definition) is 5. The molecule has 24 heavy (non-hydrogen) atoms. The van der Waals surface area contributed by atoms with Crippen LogP contribution >= 0.6 is 11.6 Å². The molecule has 7 nitrogen and oxygen atoms in total. The van der Waals surface area contributed by atoms with Gasteiger partial charge in [-0.1, -0.05) is 0 Å². The molecule has 0 saturated carbocycles. The molecule has 2 amide bonds. The Kier molecular flexibility index (Phi) is 5.55. The van der Waals surface area contributed by atoms with Gasteiger partial charge >= 0.3 is 0 Å². The molecule has 0 spiro atoms. The highest BCUT2D eigenvalue weighted by atomic mass is 35.5. The number of anilines is 2. The number of morpholine rings is 1. The number of carbonyl (C=O) groups is 2. The molecule has 3 rings (SSSR count). The van der Waals surface area contributed by atoms with Crippen LogP contribution in [0.1, 0.15) is 0 Å². The molecule has 8 heteroatoms. The van der Waals surface area contributed by atoms with Crippen molar-refractivity contribution < 1.29 is 19.1 Å². The standard InChI is InChI=1S/C16H20ClN3O4/c17-10-15(21)18-12-1-2-14-13(9-12)20(16(22)11-24-14)4-3-19-5-7-23-8-6-19/h1-2,9H,3-8,10-11H2,(H,18,21). The van der Waals surface area contributed by atoms with E-state index >= 15 is 0 Å². The number of nitrogens with one attached hydrogen (secondary N) is 1. The van der Waals surface area contributed by atoms with Gasteiger partial charge in [-0.2, -0.15) is 0 Å². The normalized spacial score (nSPS) is 18.0. The lowest BCUT2D eigenvalue weighted by molar-refractivity contribution is -0.121. The fourth-order valence-electron chi connectivity index (χ4n) is 2.79. The van der Waals surface area contributed by atoms with E-state index in [0.29, 0.717) is 23.7 Å². The Morgan fingerprint density at radius 2 is 2.04 bits per heavy atom. The van der Waals surface area contributed by atoms with E-state index in [1.165, 1.54) is 0 Å². The van der Waals surface area contributed by atoms with Gasteiger partial charge in [0.25, 0.3) is 5.91 Å². The molecule has 0 bridgehead atoms. The van der Waals surface area contributed by atoms with Crippen LogP contribution in [-0.2, 0) is 14.3 Å². The number of fused-ring (bicyclic) bond motifs is 1. The summed E-state index contributed by atoms with van der Waals surface area (Å²) in [6.07, 6.45) is 0. The van der Waals surface area contributed by atoms with E-state index in [9.17, 15) is 9.59 Å². The number of amides is 2. The second kappa shape index (κ2) is 7.83. The number of halogens is 1. The quantitative estimate of drug-likeness (QED) is 0.797. The molecule has 0 radical (unpaired) electrons. The Morgan fingerprint density at radius 1 is 1.25 bits per heavy atom. The summed E-state index contributed by atoms with van der Waals surface area (Å²) in [6.45, 7) is 4.57. The van der Waals surface area contributed by atoms with Gasteiger partial charge in [-0.15, -0.1) is 11.6 Å². The monoisotopic (exact) mass is 353 g/mol. The summed E-state index contributed by atoms with van der Waals surface area (Å²) >= 11 is 5.52. The molecule has 1 aromatic rings. The van der Waals surface area contributed by atoms with Crippen LogP contribution in [0, 0.1) is 0 Å². The Labute approximate surface area is 145 Å². The van der Waals surface area contributed by atoms with Crippen molar-refractivity contribution in [3.05, 3.63) is 18.2 Å². The first-order valence-electron chi connectivity index (χ1n) is 7.90. The van der Waals surface area contributed by atoms with E-state index in [0.717, 1.165) is 32.8 Å². The number of hydrogen-bond donors (Lipinski definition) is 1. The summed E-state index contributed by atoms with van der Waals surface area (Å²) in [7, 11) is 0. The zero-order chi connectivity index (χ0) is 16.9. The van der Waals surface area contributed by atoms with Crippen LogP contribution < -0.4 is 15.0 Å². The molecule has 0 aromatic heterocycles. The number of carbonyl (C=O) groups excluding carboxylic acids is 2. The Morgan fingerprint density at radius 3 is 2.79 bits per heavy atom. The molecular formula is C16H20ClN3O4. The van der Waals surface area contributed by atoms with E-state index in [4.69, 9.17) is 21.1 Å². The Hall–Kier alpha value is -1.83. The maximum atomic E-state index is 12.3. The summed E-state index contributed by atoms with van der Waals surface area (Å²) in [5, 5.41) is 2.69. The molecule has 1 aromatic carbocycles. The van der Waals surface area contributed by atoms with Crippen molar-refractivity contribution in [1.82, 2.24) is 4.90 Å². The summed E-state index contributed by atoms with van der Waals surface area (Å²) in [5.41, 5.74) is 1.26. The van der Waals surface area contributed by atoms with E-state index in [1.54, 1.807) is 23.1 Å². The van der Waals surface area contributed by atoms with Crippen molar-refractivity contribution in [1.29, 1.82) is 0 Å². The van der Waals surface area contributed by atoms with E-state index < -0.39 is 0 Å². The third kappa shape index (κ3) is 3.98. The minimum absolute atomic E-state index is 0.0312. The van der Waals surface area contributed by atoms with Crippen molar-refractivity contribution in [3.63, 3.8) is 0 Å². The zero-order valence-electron chi connectivity index (χ0n) is 13.3. The Balaban J connectivity index is 1.73. The van der Waals surface area contributed by atoms with Gasteiger partial charge in [0.15, 0.2) is 6.61 Å². The van der Waals surface area contributed by atoms with Gasteiger partial charge in [-0.3, -0.25) is 14.5 Å².